The van der Waals surface area contributed by atoms with Gasteiger partial charge in [-0.1, -0.05) is 5.16 Å². The van der Waals surface area contributed by atoms with Gasteiger partial charge in [-0.15, -0.1) is 0 Å². The van der Waals surface area contributed by atoms with Crippen molar-refractivity contribution in [3.63, 3.8) is 0 Å². The Morgan fingerprint density at radius 1 is 1.48 bits per heavy atom. The van der Waals surface area contributed by atoms with E-state index in [1.54, 1.807) is 11.0 Å². The van der Waals surface area contributed by atoms with E-state index in [1.807, 2.05) is 0 Å². The lowest BCUT2D eigenvalue weighted by atomic mass is 9.92. The molecule has 0 radical (unpaired) electrons. The average molecular weight is 294 g/mol. The maximum Gasteiger partial charge on any atom is 0.308 e. The molecule has 7 heteroatoms. The number of rotatable bonds is 5. The summed E-state index contributed by atoms with van der Waals surface area (Å²) in [4.78, 5) is 25.3. The van der Waals surface area contributed by atoms with E-state index in [-0.39, 0.29) is 30.7 Å². The van der Waals surface area contributed by atoms with Crippen molar-refractivity contribution in [3.8, 4) is 0 Å². The summed E-state index contributed by atoms with van der Waals surface area (Å²) >= 11 is 0. The van der Waals surface area contributed by atoms with Crippen LogP contribution >= 0.6 is 0 Å². The van der Waals surface area contributed by atoms with Crippen LogP contribution in [0.15, 0.2) is 10.6 Å². The fourth-order valence-corrected chi connectivity index (χ4v) is 3.04. The van der Waals surface area contributed by atoms with Gasteiger partial charge in [-0.2, -0.15) is 0 Å². The van der Waals surface area contributed by atoms with Crippen molar-refractivity contribution in [3.05, 3.63) is 17.5 Å². The molecule has 2 aliphatic rings. The van der Waals surface area contributed by atoms with Crippen LogP contribution < -0.4 is 0 Å². The molecule has 1 N–H and O–H groups in total. The lowest BCUT2D eigenvalue weighted by Gasteiger charge is -2.14. The van der Waals surface area contributed by atoms with Gasteiger partial charge in [0.1, 0.15) is 6.61 Å². The first kappa shape index (κ1) is 14.1. The Morgan fingerprint density at radius 3 is 2.86 bits per heavy atom. The van der Waals surface area contributed by atoms with Crippen molar-refractivity contribution in [2.45, 2.75) is 19.4 Å². The quantitative estimate of drug-likeness (QED) is 0.871. The lowest BCUT2D eigenvalue weighted by Crippen LogP contribution is -2.30. The number of carbonyl (C=O) groups is 2. The predicted molar refractivity (Wildman–Crippen MR) is 70.5 cm³/mol. The summed E-state index contributed by atoms with van der Waals surface area (Å²) in [5.74, 6) is -0.555. The van der Waals surface area contributed by atoms with Crippen LogP contribution in [0.25, 0.3) is 0 Å². The van der Waals surface area contributed by atoms with E-state index in [1.165, 1.54) is 7.11 Å². The van der Waals surface area contributed by atoms with E-state index in [0.717, 1.165) is 12.8 Å². The van der Waals surface area contributed by atoms with Crippen LogP contribution in [-0.2, 0) is 16.1 Å². The van der Waals surface area contributed by atoms with Crippen LogP contribution in [0.3, 0.4) is 0 Å². The number of hydrogen-bond acceptors (Lipinski definition) is 5. The lowest BCUT2D eigenvalue weighted by molar-refractivity contribution is -0.142. The van der Waals surface area contributed by atoms with Crippen LogP contribution in [0.5, 0.6) is 0 Å². The smallest absolute Gasteiger partial charge is 0.308 e. The van der Waals surface area contributed by atoms with Crippen LogP contribution in [0.2, 0.25) is 0 Å². The van der Waals surface area contributed by atoms with Gasteiger partial charge < -0.3 is 19.3 Å². The summed E-state index contributed by atoms with van der Waals surface area (Å²) < 4.78 is 9.92. The number of aliphatic carboxylic acids is 1. The van der Waals surface area contributed by atoms with Gasteiger partial charge in [-0.25, -0.2) is 0 Å². The molecule has 0 aromatic carbocycles. The van der Waals surface area contributed by atoms with E-state index >= 15 is 0 Å². The molecule has 1 aromatic heterocycles. The van der Waals surface area contributed by atoms with Gasteiger partial charge in [0.05, 0.1) is 5.92 Å². The summed E-state index contributed by atoms with van der Waals surface area (Å²) in [5.41, 5.74) is 0.211. The fraction of sp³-hybridized carbons (Fsp3) is 0.643. The standard InChI is InChI=1S/C14H18N2O5/c1-20-7-9-4-12(15-21-9)13(17)16-5-10(8-2-3-8)11(6-16)14(18)19/h4,8,10-11H,2-3,5-7H2,1H3,(H,18,19)/t10-,11+/m1/s1. The summed E-state index contributed by atoms with van der Waals surface area (Å²) in [6, 6.07) is 1.55. The molecule has 0 spiro atoms. The van der Waals surface area contributed by atoms with Crippen molar-refractivity contribution < 1.29 is 24.0 Å². The second kappa shape index (κ2) is 5.48. The van der Waals surface area contributed by atoms with E-state index in [4.69, 9.17) is 9.26 Å². The van der Waals surface area contributed by atoms with Gasteiger partial charge in [0, 0.05) is 26.3 Å². The van der Waals surface area contributed by atoms with E-state index in [2.05, 4.69) is 5.16 Å². The number of likely N-dealkylation sites (tertiary alicyclic amines) is 1. The van der Waals surface area contributed by atoms with Gasteiger partial charge in [0.25, 0.3) is 5.91 Å². The zero-order valence-corrected chi connectivity index (χ0v) is 11.8. The van der Waals surface area contributed by atoms with Crippen LogP contribution in [0.4, 0.5) is 0 Å². The number of carboxylic acid groups (broad SMARTS) is 1. The molecule has 1 saturated heterocycles. The Balaban J connectivity index is 1.71. The zero-order chi connectivity index (χ0) is 15.0. The number of amides is 1. The second-order valence-corrected chi connectivity index (χ2v) is 5.77. The van der Waals surface area contributed by atoms with Crippen molar-refractivity contribution >= 4 is 11.9 Å². The molecule has 1 saturated carbocycles. The summed E-state index contributed by atoms with van der Waals surface area (Å²) in [7, 11) is 1.53. The van der Waals surface area contributed by atoms with E-state index in [9.17, 15) is 14.7 Å². The van der Waals surface area contributed by atoms with Crippen LogP contribution in [0, 0.1) is 17.8 Å². The third-order valence-electron chi connectivity index (χ3n) is 4.26. The van der Waals surface area contributed by atoms with Crippen LogP contribution in [-0.4, -0.2) is 47.2 Å². The minimum absolute atomic E-state index is 0.0665. The molecule has 1 aromatic rings. The monoisotopic (exact) mass is 294 g/mol. The number of nitrogens with zero attached hydrogens (tertiary/aromatic N) is 2. The minimum atomic E-state index is -0.817. The molecular weight excluding hydrogens is 276 g/mol. The SMILES string of the molecule is COCc1cc(C(=O)N2C[C@H](C(=O)O)[C@@H](C3CC3)C2)no1. The third kappa shape index (κ3) is 2.78. The average Bonchev–Trinajstić information content (AvgIpc) is 3.02. The molecule has 7 nitrogen and oxygen atoms in total. The first-order valence-electron chi connectivity index (χ1n) is 7.06. The number of carbonyl (C=O) groups excluding carboxylic acids is 1. The van der Waals surface area contributed by atoms with Crippen molar-refractivity contribution in [2.75, 3.05) is 20.2 Å². The highest BCUT2D eigenvalue weighted by molar-refractivity contribution is 5.93. The maximum absolute atomic E-state index is 12.4. The Morgan fingerprint density at radius 2 is 2.24 bits per heavy atom. The van der Waals surface area contributed by atoms with Gasteiger partial charge in [0.15, 0.2) is 11.5 Å². The normalized spacial score (nSPS) is 25.3. The first-order chi connectivity index (χ1) is 10.1. The molecule has 21 heavy (non-hydrogen) atoms. The summed E-state index contributed by atoms with van der Waals surface area (Å²) in [6.45, 7) is 0.997. The molecular formula is C14H18N2O5. The molecule has 1 aliphatic heterocycles. The molecule has 2 atom stereocenters. The summed E-state index contributed by atoms with van der Waals surface area (Å²) in [6.07, 6.45) is 2.14. The summed E-state index contributed by atoms with van der Waals surface area (Å²) in [5, 5.41) is 13.1. The predicted octanol–water partition coefficient (Wildman–Crippen LogP) is 1.00. The number of aromatic nitrogens is 1. The highest BCUT2D eigenvalue weighted by atomic mass is 16.5. The molecule has 1 aliphatic carbocycles. The second-order valence-electron chi connectivity index (χ2n) is 5.77. The number of methoxy groups -OCH3 is 1. The highest BCUT2D eigenvalue weighted by Crippen LogP contribution is 2.44. The minimum Gasteiger partial charge on any atom is -0.481 e. The molecule has 0 unspecified atom stereocenters. The van der Waals surface area contributed by atoms with E-state index < -0.39 is 11.9 Å². The number of carboxylic acids is 1. The number of hydrogen-bond donors (Lipinski definition) is 1. The molecule has 1 amide bonds. The Labute approximate surface area is 121 Å². The maximum atomic E-state index is 12.4. The first-order valence-corrected chi connectivity index (χ1v) is 7.06. The zero-order valence-electron chi connectivity index (χ0n) is 11.8. The largest absolute Gasteiger partial charge is 0.481 e. The molecule has 114 valence electrons. The van der Waals surface area contributed by atoms with Gasteiger partial charge in [0.2, 0.25) is 0 Å². The Hall–Kier alpha value is -1.89. The molecule has 0 bridgehead atoms. The highest BCUT2D eigenvalue weighted by Gasteiger charge is 2.47. The fourth-order valence-electron chi connectivity index (χ4n) is 3.04. The van der Waals surface area contributed by atoms with Gasteiger partial charge in [-0.3, -0.25) is 9.59 Å². The van der Waals surface area contributed by atoms with Gasteiger partial charge in [-0.05, 0) is 24.7 Å². The topological polar surface area (TPSA) is 92.9 Å². The van der Waals surface area contributed by atoms with Crippen molar-refractivity contribution in [1.82, 2.24) is 10.1 Å². The Kier molecular flexibility index (Phi) is 3.67. The number of ether oxygens (including phenoxy) is 1. The third-order valence-corrected chi connectivity index (χ3v) is 4.26. The molecule has 3 rings (SSSR count). The van der Waals surface area contributed by atoms with E-state index in [0.29, 0.717) is 18.2 Å². The van der Waals surface area contributed by atoms with Crippen LogP contribution in [0.1, 0.15) is 29.1 Å². The van der Waals surface area contributed by atoms with Crippen molar-refractivity contribution in [2.24, 2.45) is 17.8 Å². The van der Waals surface area contributed by atoms with Gasteiger partial charge >= 0.3 is 5.97 Å². The van der Waals surface area contributed by atoms with Crippen molar-refractivity contribution in [1.29, 1.82) is 0 Å². The molecule has 2 heterocycles. The Bertz CT molecular complexity index is 551. The molecule has 2 fully saturated rings.